The highest BCUT2D eigenvalue weighted by Crippen LogP contribution is 2.27. The molecule has 1 N–H and O–H groups in total. The number of allylic oxidation sites excluding steroid dienone is 1. The second-order valence-electron chi connectivity index (χ2n) is 6.45. The normalized spacial score (nSPS) is 15.2. The van der Waals surface area contributed by atoms with E-state index in [1.807, 2.05) is 13.0 Å². The SMILES string of the molecule is C=CCc1cc(/C=C2\C(=O)NC(=S)N(c3cccc(OCC)c3)C2=O)ccc1OC. The van der Waals surface area contributed by atoms with Crippen LogP contribution in [0.4, 0.5) is 5.69 Å². The number of carbonyl (C=O) groups excluding carboxylic acids is 2. The van der Waals surface area contributed by atoms with Gasteiger partial charge in [-0.2, -0.15) is 0 Å². The summed E-state index contributed by atoms with van der Waals surface area (Å²) in [5, 5.41) is 2.62. The lowest BCUT2D eigenvalue weighted by molar-refractivity contribution is -0.122. The van der Waals surface area contributed by atoms with Gasteiger partial charge in [0.2, 0.25) is 0 Å². The first-order chi connectivity index (χ1) is 14.5. The molecule has 0 spiro atoms. The van der Waals surface area contributed by atoms with Crippen LogP contribution in [-0.2, 0) is 16.0 Å². The Morgan fingerprint density at radius 3 is 2.70 bits per heavy atom. The zero-order chi connectivity index (χ0) is 21.7. The molecule has 0 bridgehead atoms. The van der Waals surface area contributed by atoms with Gasteiger partial charge in [-0.05, 0) is 67.0 Å². The Morgan fingerprint density at radius 2 is 2.00 bits per heavy atom. The van der Waals surface area contributed by atoms with Gasteiger partial charge in [-0.15, -0.1) is 6.58 Å². The number of nitrogens with one attached hydrogen (secondary N) is 1. The van der Waals surface area contributed by atoms with Crippen LogP contribution >= 0.6 is 12.2 Å². The summed E-state index contributed by atoms with van der Waals surface area (Å²) in [5.74, 6) is 0.283. The maximum atomic E-state index is 13.2. The fourth-order valence-corrected chi connectivity index (χ4v) is 3.42. The van der Waals surface area contributed by atoms with Gasteiger partial charge >= 0.3 is 0 Å². The monoisotopic (exact) mass is 422 g/mol. The molecule has 154 valence electrons. The summed E-state index contributed by atoms with van der Waals surface area (Å²) in [6.45, 7) is 6.12. The third-order valence-electron chi connectivity index (χ3n) is 4.47. The maximum absolute atomic E-state index is 13.2. The van der Waals surface area contributed by atoms with Crippen molar-refractivity contribution in [3.05, 3.63) is 71.8 Å². The van der Waals surface area contributed by atoms with Crippen molar-refractivity contribution in [3.8, 4) is 11.5 Å². The largest absolute Gasteiger partial charge is 0.496 e. The number of nitrogens with zero attached hydrogens (tertiary/aromatic N) is 1. The van der Waals surface area contributed by atoms with E-state index in [0.29, 0.717) is 35.8 Å². The van der Waals surface area contributed by atoms with E-state index in [0.717, 1.165) is 5.56 Å². The highest BCUT2D eigenvalue weighted by Gasteiger charge is 2.34. The molecular formula is C23H22N2O4S. The molecule has 0 unspecified atom stereocenters. The highest BCUT2D eigenvalue weighted by molar-refractivity contribution is 7.80. The van der Waals surface area contributed by atoms with Gasteiger partial charge in [0, 0.05) is 6.07 Å². The van der Waals surface area contributed by atoms with Crippen molar-refractivity contribution in [2.75, 3.05) is 18.6 Å². The maximum Gasteiger partial charge on any atom is 0.270 e. The van der Waals surface area contributed by atoms with Crippen molar-refractivity contribution in [3.63, 3.8) is 0 Å². The Kier molecular flexibility index (Phi) is 6.64. The molecule has 1 aliphatic heterocycles. The zero-order valence-corrected chi connectivity index (χ0v) is 17.6. The van der Waals surface area contributed by atoms with Crippen LogP contribution < -0.4 is 19.7 Å². The van der Waals surface area contributed by atoms with Crippen molar-refractivity contribution < 1.29 is 19.1 Å². The van der Waals surface area contributed by atoms with Crippen LogP contribution in [0.3, 0.4) is 0 Å². The number of carbonyl (C=O) groups is 2. The fraction of sp³-hybridized carbons (Fsp3) is 0.174. The zero-order valence-electron chi connectivity index (χ0n) is 16.8. The number of rotatable bonds is 7. The van der Waals surface area contributed by atoms with Crippen LogP contribution in [0, 0.1) is 0 Å². The molecule has 2 aromatic carbocycles. The average Bonchev–Trinajstić information content (AvgIpc) is 2.72. The molecule has 0 atom stereocenters. The average molecular weight is 423 g/mol. The number of hydrogen-bond acceptors (Lipinski definition) is 5. The standard InChI is InChI=1S/C23H22N2O4S/c1-4-7-16-12-15(10-11-20(16)28-3)13-19-21(26)24-23(30)25(22(19)27)17-8-6-9-18(14-17)29-5-2/h4,6,8-14H,1,5,7H2,2-3H3,(H,24,26,30)/b19-13+. The Morgan fingerprint density at radius 1 is 1.20 bits per heavy atom. The third kappa shape index (κ3) is 4.41. The van der Waals surface area contributed by atoms with Crippen molar-refractivity contribution in [1.82, 2.24) is 5.32 Å². The first kappa shape index (κ1) is 21.3. The van der Waals surface area contributed by atoms with Gasteiger partial charge in [-0.3, -0.25) is 19.8 Å². The summed E-state index contributed by atoms with van der Waals surface area (Å²) >= 11 is 5.25. The molecule has 1 saturated heterocycles. The highest BCUT2D eigenvalue weighted by atomic mass is 32.1. The van der Waals surface area contributed by atoms with Gasteiger partial charge < -0.3 is 9.47 Å². The second kappa shape index (κ2) is 9.37. The number of methoxy groups -OCH3 is 1. The van der Waals surface area contributed by atoms with Gasteiger partial charge in [-0.25, -0.2) is 0 Å². The molecule has 7 heteroatoms. The van der Waals surface area contributed by atoms with Crippen LogP contribution in [0.1, 0.15) is 18.1 Å². The number of thiocarbonyl (C=S) groups is 1. The van der Waals surface area contributed by atoms with Crippen LogP contribution in [-0.4, -0.2) is 30.6 Å². The van der Waals surface area contributed by atoms with Gasteiger partial charge in [0.1, 0.15) is 17.1 Å². The number of ether oxygens (including phenoxy) is 2. The summed E-state index contributed by atoms with van der Waals surface area (Å²) in [6.07, 6.45) is 3.91. The lowest BCUT2D eigenvalue weighted by Crippen LogP contribution is -2.54. The molecule has 6 nitrogen and oxygen atoms in total. The van der Waals surface area contributed by atoms with Gasteiger partial charge in [0.25, 0.3) is 11.8 Å². The lowest BCUT2D eigenvalue weighted by Gasteiger charge is -2.29. The Labute approximate surface area is 180 Å². The first-order valence-electron chi connectivity index (χ1n) is 9.40. The van der Waals surface area contributed by atoms with Crippen LogP contribution in [0.25, 0.3) is 6.08 Å². The molecule has 1 aliphatic rings. The molecule has 30 heavy (non-hydrogen) atoms. The minimum absolute atomic E-state index is 0.0138. The molecule has 2 amide bonds. The van der Waals surface area contributed by atoms with E-state index in [-0.39, 0.29) is 10.7 Å². The summed E-state index contributed by atoms with van der Waals surface area (Å²) in [7, 11) is 1.59. The molecule has 1 heterocycles. The second-order valence-corrected chi connectivity index (χ2v) is 6.84. The topological polar surface area (TPSA) is 67.9 Å². The predicted molar refractivity (Wildman–Crippen MR) is 121 cm³/mol. The molecule has 2 aromatic rings. The van der Waals surface area contributed by atoms with Crippen molar-refractivity contribution in [2.24, 2.45) is 0 Å². The summed E-state index contributed by atoms with van der Waals surface area (Å²) in [5.41, 5.74) is 2.10. The number of hydrogen-bond donors (Lipinski definition) is 1. The Hall–Kier alpha value is -3.45. The van der Waals surface area contributed by atoms with Gasteiger partial charge in [0.05, 0.1) is 19.4 Å². The smallest absolute Gasteiger partial charge is 0.270 e. The molecule has 3 rings (SSSR count). The van der Waals surface area contributed by atoms with E-state index >= 15 is 0 Å². The van der Waals surface area contributed by atoms with Crippen molar-refractivity contribution in [1.29, 1.82) is 0 Å². The van der Waals surface area contributed by atoms with Gasteiger partial charge in [0.15, 0.2) is 5.11 Å². The number of amides is 2. The van der Waals surface area contributed by atoms with E-state index in [2.05, 4.69) is 11.9 Å². The molecular weight excluding hydrogens is 400 g/mol. The lowest BCUT2D eigenvalue weighted by atomic mass is 10.0. The molecule has 0 aliphatic carbocycles. The van der Waals surface area contributed by atoms with E-state index in [1.54, 1.807) is 55.7 Å². The quantitative estimate of drug-likeness (QED) is 0.319. The molecule has 0 radical (unpaired) electrons. The van der Waals surface area contributed by atoms with E-state index in [9.17, 15) is 9.59 Å². The molecule has 0 saturated carbocycles. The fourth-order valence-electron chi connectivity index (χ4n) is 3.14. The molecule has 1 fully saturated rings. The van der Waals surface area contributed by atoms with E-state index in [4.69, 9.17) is 21.7 Å². The Balaban J connectivity index is 1.99. The molecule has 0 aromatic heterocycles. The number of benzene rings is 2. The third-order valence-corrected chi connectivity index (χ3v) is 4.75. The van der Waals surface area contributed by atoms with Crippen LogP contribution in [0.5, 0.6) is 11.5 Å². The summed E-state index contributed by atoms with van der Waals surface area (Å²) < 4.78 is 10.9. The minimum atomic E-state index is -0.539. The number of anilines is 1. The Bertz CT molecular complexity index is 1050. The summed E-state index contributed by atoms with van der Waals surface area (Å²) in [6, 6.07) is 12.4. The van der Waals surface area contributed by atoms with E-state index < -0.39 is 11.8 Å². The van der Waals surface area contributed by atoms with E-state index in [1.165, 1.54) is 4.90 Å². The minimum Gasteiger partial charge on any atom is -0.496 e. The van der Waals surface area contributed by atoms with Gasteiger partial charge in [-0.1, -0.05) is 18.2 Å². The first-order valence-corrected chi connectivity index (χ1v) is 9.81. The van der Waals surface area contributed by atoms with Crippen LogP contribution in [0.2, 0.25) is 0 Å². The van der Waals surface area contributed by atoms with Crippen molar-refractivity contribution >= 4 is 40.9 Å². The van der Waals surface area contributed by atoms with Crippen LogP contribution in [0.15, 0.2) is 60.7 Å². The van der Waals surface area contributed by atoms with Crippen molar-refractivity contribution in [2.45, 2.75) is 13.3 Å². The summed E-state index contributed by atoms with van der Waals surface area (Å²) in [4.78, 5) is 27.0. The predicted octanol–water partition coefficient (Wildman–Crippen LogP) is 3.65.